The van der Waals surface area contributed by atoms with Crippen LogP contribution in [0.15, 0.2) is 36.4 Å². The van der Waals surface area contributed by atoms with E-state index in [4.69, 9.17) is 10.1 Å². The van der Waals surface area contributed by atoms with Gasteiger partial charge in [0, 0.05) is 47.0 Å². The van der Waals surface area contributed by atoms with E-state index in [1.807, 2.05) is 0 Å². The first-order chi connectivity index (χ1) is 15.6. The van der Waals surface area contributed by atoms with Crippen molar-refractivity contribution >= 4 is 33.0 Å². The van der Waals surface area contributed by atoms with Crippen LogP contribution in [-0.2, 0) is 20.3 Å². The minimum absolute atomic E-state index is 0.276. The van der Waals surface area contributed by atoms with Gasteiger partial charge in [-0.3, -0.25) is 4.79 Å². The number of halogens is 3. The van der Waals surface area contributed by atoms with Crippen molar-refractivity contribution < 1.29 is 35.3 Å². The van der Waals surface area contributed by atoms with E-state index in [9.17, 15) is 26.4 Å². The van der Waals surface area contributed by atoms with E-state index in [2.05, 4.69) is 9.17 Å². The molecule has 2 N–H and O–H groups in total. The summed E-state index contributed by atoms with van der Waals surface area (Å²) in [4.78, 5) is 16.8. The van der Waals surface area contributed by atoms with Crippen molar-refractivity contribution in [1.29, 1.82) is 5.41 Å². The molecule has 11 heteroatoms. The van der Waals surface area contributed by atoms with Crippen molar-refractivity contribution in [3.8, 4) is 5.75 Å². The molecule has 2 aliphatic rings. The van der Waals surface area contributed by atoms with Crippen molar-refractivity contribution in [2.45, 2.75) is 23.8 Å². The molecule has 1 saturated heterocycles. The number of fused-ring (bicyclic) bond motifs is 6. The molecular weight excluding hydrogens is 461 g/mol. The first-order valence-electron chi connectivity index (χ1n) is 10.0. The van der Waals surface area contributed by atoms with E-state index < -0.39 is 26.8 Å². The molecule has 0 unspecified atom stereocenters. The van der Waals surface area contributed by atoms with Crippen LogP contribution in [0.5, 0.6) is 5.75 Å². The highest BCUT2D eigenvalue weighted by Gasteiger charge is 2.50. The van der Waals surface area contributed by atoms with Gasteiger partial charge in [0.25, 0.3) is 0 Å². The van der Waals surface area contributed by atoms with Crippen molar-refractivity contribution in [1.82, 2.24) is 4.98 Å². The second-order valence-electron chi connectivity index (χ2n) is 8.04. The SMILES string of the molecule is N=Cc1ccc2c3c([nH]c2c1)C1(CCOCC1)c1cc(OS(=O)(=O)C(F)(F)F)ccc1C3=O. The molecule has 33 heavy (non-hydrogen) atoms. The molecule has 1 aliphatic carbocycles. The number of ketones is 1. The van der Waals surface area contributed by atoms with Crippen molar-refractivity contribution in [3.05, 3.63) is 64.3 Å². The Labute approximate surface area is 186 Å². The smallest absolute Gasteiger partial charge is 0.381 e. The maximum atomic E-state index is 13.5. The highest BCUT2D eigenvalue weighted by molar-refractivity contribution is 7.88. The fraction of sp³-hybridized carbons (Fsp3) is 0.273. The molecule has 2 heterocycles. The monoisotopic (exact) mass is 478 g/mol. The lowest BCUT2D eigenvalue weighted by Gasteiger charge is -2.41. The normalized spacial score (nSPS) is 17.6. The average Bonchev–Trinajstić information content (AvgIpc) is 3.17. The van der Waals surface area contributed by atoms with Gasteiger partial charge in [-0.1, -0.05) is 12.1 Å². The predicted molar refractivity (Wildman–Crippen MR) is 112 cm³/mol. The van der Waals surface area contributed by atoms with Crippen molar-refractivity contribution in [3.63, 3.8) is 0 Å². The summed E-state index contributed by atoms with van der Waals surface area (Å²) in [5, 5.41) is 8.17. The van der Waals surface area contributed by atoms with Crippen LogP contribution in [0.4, 0.5) is 13.2 Å². The third-order valence-electron chi connectivity index (χ3n) is 6.28. The van der Waals surface area contributed by atoms with Gasteiger partial charge in [-0.05, 0) is 48.2 Å². The standard InChI is InChI=1S/C22H17F3N2O5S/c23-22(24,25)33(29,30)32-13-2-4-14-16(10-13)21(5-7-31-8-6-21)20-18(19(14)28)15-3-1-12(11-26)9-17(15)27-20/h1-4,9-11,26-27H,5-8H2. The summed E-state index contributed by atoms with van der Waals surface area (Å²) in [6.45, 7) is 0.695. The summed E-state index contributed by atoms with van der Waals surface area (Å²) >= 11 is 0. The van der Waals surface area contributed by atoms with E-state index >= 15 is 0 Å². The molecule has 3 aromatic rings. The van der Waals surface area contributed by atoms with Crippen LogP contribution in [0.1, 0.15) is 45.6 Å². The number of alkyl halides is 3. The van der Waals surface area contributed by atoms with E-state index in [0.717, 1.165) is 6.07 Å². The lowest BCUT2D eigenvalue weighted by atomic mass is 9.64. The molecule has 0 saturated carbocycles. The first-order valence-corrected chi connectivity index (χ1v) is 11.4. The molecule has 172 valence electrons. The number of H-pyrrole nitrogens is 1. The Morgan fingerprint density at radius 1 is 1.12 bits per heavy atom. The van der Waals surface area contributed by atoms with E-state index in [0.29, 0.717) is 59.3 Å². The van der Waals surface area contributed by atoms with Gasteiger partial charge in [0.2, 0.25) is 0 Å². The van der Waals surface area contributed by atoms with Crippen LogP contribution >= 0.6 is 0 Å². The number of carbonyl (C=O) groups is 1. The van der Waals surface area contributed by atoms with Crippen LogP contribution in [0.3, 0.4) is 0 Å². The van der Waals surface area contributed by atoms with Crippen molar-refractivity contribution in [2.24, 2.45) is 0 Å². The Morgan fingerprint density at radius 3 is 2.52 bits per heavy atom. The number of rotatable bonds is 3. The third-order valence-corrected chi connectivity index (χ3v) is 7.26. The summed E-state index contributed by atoms with van der Waals surface area (Å²) in [5.41, 5.74) is -3.34. The van der Waals surface area contributed by atoms with Gasteiger partial charge in [0.1, 0.15) is 5.75 Å². The Morgan fingerprint density at radius 2 is 1.85 bits per heavy atom. The molecule has 1 aromatic heterocycles. The Hall–Kier alpha value is -3.18. The summed E-state index contributed by atoms with van der Waals surface area (Å²) in [6, 6.07) is 8.80. The van der Waals surface area contributed by atoms with Gasteiger partial charge in [-0.15, -0.1) is 0 Å². The Balaban J connectivity index is 1.73. The van der Waals surface area contributed by atoms with Crippen LogP contribution in [-0.4, -0.2) is 44.1 Å². The number of aromatic amines is 1. The van der Waals surface area contributed by atoms with E-state index in [1.165, 1.54) is 18.3 Å². The molecule has 1 fully saturated rings. The van der Waals surface area contributed by atoms with E-state index in [1.54, 1.807) is 18.2 Å². The first kappa shape index (κ1) is 21.7. The molecule has 1 aliphatic heterocycles. The Kier molecular flexibility index (Phi) is 4.70. The second kappa shape index (κ2) is 7.16. The Bertz CT molecular complexity index is 1420. The number of carbonyl (C=O) groups excluding carboxylic acids is 1. The molecule has 2 aromatic carbocycles. The van der Waals surface area contributed by atoms with Crippen LogP contribution in [0.2, 0.25) is 0 Å². The average molecular weight is 478 g/mol. The van der Waals surface area contributed by atoms with Gasteiger partial charge in [-0.2, -0.15) is 21.6 Å². The van der Waals surface area contributed by atoms with Gasteiger partial charge < -0.3 is 19.3 Å². The molecule has 0 radical (unpaired) electrons. The maximum absolute atomic E-state index is 13.5. The minimum Gasteiger partial charge on any atom is -0.381 e. The second-order valence-corrected chi connectivity index (χ2v) is 9.58. The highest BCUT2D eigenvalue weighted by Crippen LogP contribution is 2.50. The molecule has 0 amide bonds. The van der Waals surface area contributed by atoms with E-state index in [-0.39, 0.29) is 11.3 Å². The summed E-state index contributed by atoms with van der Waals surface area (Å²) in [7, 11) is -5.86. The third kappa shape index (κ3) is 3.17. The molecule has 0 atom stereocenters. The molecule has 5 rings (SSSR count). The quantitative estimate of drug-likeness (QED) is 0.336. The number of ether oxygens (including phenoxy) is 1. The van der Waals surface area contributed by atoms with Gasteiger partial charge >= 0.3 is 15.6 Å². The zero-order chi connectivity index (χ0) is 23.6. The zero-order valence-corrected chi connectivity index (χ0v) is 17.8. The number of hydrogen-bond acceptors (Lipinski definition) is 6. The topological polar surface area (TPSA) is 109 Å². The molecular formula is C22H17F3N2O5S. The highest BCUT2D eigenvalue weighted by atomic mass is 32.2. The van der Waals surface area contributed by atoms with Crippen LogP contribution in [0, 0.1) is 5.41 Å². The maximum Gasteiger partial charge on any atom is 0.534 e. The van der Waals surface area contributed by atoms with Crippen LogP contribution < -0.4 is 4.18 Å². The van der Waals surface area contributed by atoms with Gasteiger partial charge in [-0.25, -0.2) is 0 Å². The largest absolute Gasteiger partial charge is 0.534 e. The molecule has 1 spiro atoms. The lowest BCUT2D eigenvalue weighted by Crippen LogP contribution is -2.40. The number of aromatic nitrogens is 1. The lowest BCUT2D eigenvalue weighted by molar-refractivity contribution is -0.0500. The number of nitrogens with one attached hydrogen (secondary N) is 2. The summed E-state index contributed by atoms with van der Waals surface area (Å²) in [5.74, 6) is -0.841. The molecule has 7 nitrogen and oxygen atoms in total. The number of benzene rings is 2. The molecule has 0 bridgehead atoms. The summed E-state index contributed by atoms with van der Waals surface area (Å²) < 4.78 is 71.5. The zero-order valence-electron chi connectivity index (χ0n) is 17.0. The van der Waals surface area contributed by atoms with Gasteiger partial charge in [0.05, 0.1) is 5.56 Å². The predicted octanol–water partition coefficient (Wildman–Crippen LogP) is 4.03. The minimum atomic E-state index is -5.86. The number of hydrogen-bond donors (Lipinski definition) is 2. The fourth-order valence-electron chi connectivity index (χ4n) is 4.75. The van der Waals surface area contributed by atoms with Crippen molar-refractivity contribution in [2.75, 3.05) is 13.2 Å². The summed E-state index contributed by atoms with van der Waals surface area (Å²) in [6.07, 6.45) is 2.05. The van der Waals surface area contributed by atoms with Crippen LogP contribution in [0.25, 0.3) is 10.9 Å². The van der Waals surface area contributed by atoms with Gasteiger partial charge in [0.15, 0.2) is 5.78 Å². The fourth-order valence-corrected chi connectivity index (χ4v) is 5.20.